The van der Waals surface area contributed by atoms with Crippen molar-refractivity contribution in [1.29, 1.82) is 0 Å². The summed E-state index contributed by atoms with van der Waals surface area (Å²) in [6, 6.07) is 0. The van der Waals surface area contributed by atoms with E-state index in [9.17, 15) is 0 Å². The van der Waals surface area contributed by atoms with Gasteiger partial charge in [-0.1, -0.05) is 13.8 Å². The van der Waals surface area contributed by atoms with E-state index < -0.39 is 0 Å². The van der Waals surface area contributed by atoms with Crippen LogP contribution in [0.15, 0.2) is 18.0 Å². The molecule has 6 heteroatoms. The Bertz CT molecular complexity index is 454. The zero-order valence-corrected chi connectivity index (χ0v) is 10.7. The molecule has 0 fully saturated rings. The molecule has 1 N–H and O–H groups in total. The lowest BCUT2D eigenvalue weighted by Crippen LogP contribution is -2.08. The molecule has 0 aromatic carbocycles. The van der Waals surface area contributed by atoms with Crippen LogP contribution in [-0.4, -0.2) is 26.5 Å². The summed E-state index contributed by atoms with van der Waals surface area (Å²) in [6.07, 6.45) is 3.85. The Hall–Kier alpha value is -1.56. The van der Waals surface area contributed by atoms with Crippen LogP contribution in [0.3, 0.4) is 0 Å². The Morgan fingerprint density at radius 2 is 2.06 bits per heavy atom. The van der Waals surface area contributed by atoms with E-state index in [2.05, 4.69) is 44.5 Å². The molecule has 2 aromatic heterocycles. The molecule has 17 heavy (non-hydrogen) atoms. The highest BCUT2D eigenvalue weighted by Gasteiger charge is 2.05. The van der Waals surface area contributed by atoms with E-state index in [-0.39, 0.29) is 0 Å². The number of anilines is 1. The molecule has 0 aliphatic heterocycles. The van der Waals surface area contributed by atoms with Crippen molar-refractivity contribution in [1.82, 2.24) is 19.9 Å². The molecule has 2 aromatic rings. The van der Waals surface area contributed by atoms with Crippen LogP contribution in [0.2, 0.25) is 0 Å². The molecule has 2 rings (SSSR count). The van der Waals surface area contributed by atoms with Crippen molar-refractivity contribution in [2.45, 2.75) is 26.2 Å². The first kappa shape index (κ1) is 11.9. The highest BCUT2D eigenvalue weighted by atomic mass is 32.1. The maximum atomic E-state index is 4.57. The summed E-state index contributed by atoms with van der Waals surface area (Å²) in [5, 5.41) is 6.44. The molecule has 0 bridgehead atoms. The third-order valence-electron chi connectivity index (χ3n) is 2.22. The quantitative estimate of drug-likeness (QED) is 0.879. The topological polar surface area (TPSA) is 63.6 Å². The van der Waals surface area contributed by atoms with Crippen molar-refractivity contribution in [2.24, 2.45) is 0 Å². The second-order valence-electron chi connectivity index (χ2n) is 3.97. The van der Waals surface area contributed by atoms with Gasteiger partial charge in [-0.15, -0.1) is 11.3 Å². The first-order valence-corrected chi connectivity index (χ1v) is 6.44. The van der Waals surface area contributed by atoms with Crippen LogP contribution >= 0.6 is 11.3 Å². The lowest BCUT2D eigenvalue weighted by atomic mass is 10.2. The summed E-state index contributed by atoms with van der Waals surface area (Å²) in [4.78, 5) is 16.3. The average molecular weight is 249 g/mol. The van der Waals surface area contributed by atoms with E-state index in [4.69, 9.17) is 0 Å². The van der Waals surface area contributed by atoms with Crippen LogP contribution in [0.25, 0.3) is 0 Å². The number of nitrogens with zero attached hydrogens (tertiary/aromatic N) is 4. The zero-order chi connectivity index (χ0) is 12.1. The third-order valence-corrected chi connectivity index (χ3v) is 3.42. The minimum absolute atomic E-state index is 0.505. The van der Waals surface area contributed by atoms with Gasteiger partial charge in [0.1, 0.15) is 12.7 Å². The summed E-state index contributed by atoms with van der Waals surface area (Å²) < 4.78 is 0. The molecule has 5 nitrogen and oxygen atoms in total. The monoisotopic (exact) mass is 249 g/mol. The van der Waals surface area contributed by atoms with Gasteiger partial charge in [0.05, 0.1) is 10.7 Å². The Morgan fingerprint density at radius 1 is 1.29 bits per heavy atom. The standard InChI is InChI=1S/C11H15N5S/c1-8(2)10-16-9(5-17-10)3-4-13-11-14-6-12-7-15-11/h5-8H,3-4H2,1-2H3,(H,12,13,14,15). The van der Waals surface area contributed by atoms with Crippen molar-refractivity contribution >= 4 is 17.3 Å². The summed E-state index contributed by atoms with van der Waals surface area (Å²) in [5.74, 6) is 1.12. The number of rotatable bonds is 5. The molecule has 0 saturated carbocycles. The van der Waals surface area contributed by atoms with Crippen LogP contribution in [0.5, 0.6) is 0 Å². The summed E-state index contributed by atoms with van der Waals surface area (Å²) in [7, 11) is 0. The van der Waals surface area contributed by atoms with Gasteiger partial charge >= 0.3 is 0 Å². The maximum absolute atomic E-state index is 4.57. The predicted molar refractivity (Wildman–Crippen MR) is 68.2 cm³/mol. The van der Waals surface area contributed by atoms with Crippen LogP contribution in [0.4, 0.5) is 5.95 Å². The van der Waals surface area contributed by atoms with Gasteiger partial charge in [0.15, 0.2) is 0 Å². The SMILES string of the molecule is CC(C)c1nc(CCNc2ncncn2)cs1. The number of aromatic nitrogens is 4. The minimum Gasteiger partial charge on any atom is -0.354 e. The van der Waals surface area contributed by atoms with E-state index in [1.54, 1.807) is 11.3 Å². The molecule has 0 aliphatic carbocycles. The molecule has 0 atom stereocenters. The van der Waals surface area contributed by atoms with Crippen molar-refractivity contribution in [3.63, 3.8) is 0 Å². The van der Waals surface area contributed by atoms with Gasteiger partial charge in [-0.05, 0) is 0 Å². The minimum atomic E-state index is 0.505. The lowest BCUT2D eigenvalue weighted by Gasteiger charge is -2.01. The maximum Gasteiger partial charge on any atom is 0.225 e. The van der Waals surface area contributed by atoms with Gasteiger partial charge in [0.2, 0.25) is 5.95 Å². The fraction of sp³-hybridized carbons (Fsp3) is 0.455. The molecule has 90 valence electrons. The van der Waals surface area contributed by atoms with Crippen molar-refractivity contribution in [2.75, 3.05) is 11.9 Å². The van der Waals surface area contributed by atoms with E-state index >= 15 is 0 Å². The third kappa shape index (κ3) is 3.45. The molecule has 0 radical (unpaired) electrons. The van der Waals surface area contributed by atoms with Gasteiger partial charge in [0.25, 0.3) is 0 Å². The predicted octanol–water partition coefficient (Wildman–Crippen LogP) is 2.11. The smallest absolute Gasteiger partial charge is 0.225 e. The van der Waals surface area contributed by atoms with Gasteiger partial charge < -0.3 is 5.32 Å². The summed E-state index contributed by atoms with van der Waals surface area (Å²) in [6.45, 7) is 5.10. The van der Waals surface area contributed by atoms with Crippen molar-refractivity contribution in [3.8, 4) is 0 Å². The van der Waals surface area contributed by atoms with Gasteiger partial charge in [0, 0.05) is 24.3 Å². The molecule has 0 spiro atoms. The fourth-order valence-electron chi connectivity index (χ4n) is 1.34. The second-order valence-corrected chi connectivity index (χ2v) is 4.86. The highest BCUT2D eigenvalue weighted by molar-refractivity contribution is 7.09. The van der Waals surface area contributed by atoms with Gasteiger partial charge in [-0.25, -0.2) is 19.9 Å². The summed E-state index contributed by atoms with van der Waals surface area (Å²) >= 11 is 1.72. The first-order chi connectivity index (χ1) is 8.25. The van der Waals surface area contributed by atoms with Crippen LogP contribution in [0.1, 0.15) is 30.5 Å². The highest BCUT2D eigenvalue weighted by Crippen LogP contribution is 2.19. The van der Waals surface area contributed by atoms with Gasteiger partial charge in [-0.2, -0.15) is 0 Å². The van der Waals surface area contributed by atoms with E-state index in [1.165, 1.54) is 17.7 Å². The largest absolute Gasteiger partial charge is 0.354 e. The van der Waals surface area contributed by atoms with Crippen LogP contribution in [0, 0.1) is 0 Å². The molecule has 0 saturated heterocycles. The Kier molecular flexibility index (Phi) is 3.98. The number of hydrogen-bond donors (Lipinski definition) is 1. The molecule has 0 unspecified atom stereocenters. The van der Waals surface area contributed by atoms with Crippen LogP contribution in [-0.2, 0) is 6.42 Å². The zero-order valence-electron chi connectivity index (χ0n) is 9.92. The van der Waals surface area contributed by atoms with Crippen molar-refractivity contribution in [3.05, 3.63) is 28.7 Å². The number of thiazole rings is 1. The van der Waals surface area contributed by atoms with Crippen LogP contribution < -0.4 is 5.32 Å². The van der Waals surface area contributed by atoms with Gasteiger partial charge in [-0.3, -0.25) is 0 Å². The Labute approximate surface area is 104 Å². The van der Waals surface area contributed by atoms with E-state index in [0.717, 1.165) is 18.7 Å². The molecule has 0 amide bonds. The molecule has 0 aliphatic rings. The first-order valence-electron chi connectivity index (χ1n) is 5.56. The van der Waals surface area contributed by atoms with E-state index in [1.807, 2.05) is 0 Å². The number of hydrogen-bond acceptors (Lipinski definition) is 6. The lowest BCUT2D eigenvalue weighted by molar-refractivity contribution is 0.834. The number of nitrogens with one attached hydrogen (secondary N) is 1. The molecule has 2 heterocycles. The van der Waals surface area contributed by atoms with Crippen molar-refractivity contribution < 1.29 is 0 Å². The normalized spacial score (nSPS) is 10.8. The summed E-state index contributed by atoms with van der Waals surface area (Å²) in [5.41, 5.74) is 1.13. The molecular formula is C11H15N5S. The average Bonchev–Trinajstić information content (AvgIpc) is 2.79. The fourth-order valence-corrected chi connectivity index (χ4v) is 2.20. The second kappa shape index (κ2) is 5.67. The van der Waals surface area contributed by atoms with E-state index in [0.29, 0.717) is 11.9 Å². The Morgan fingerprint density at radius 3 is 2.71 bits per heavy atom. The molecular weight excluding hydrogens is 234 g/mol. The Balaban J connectivity index is 1.82.